The topological polar surface area (TPSA) is 56.5 Å². The zero-order chi connectivity index (χ0) is 16.5. The number of nitrogens with zero attached hydrogens (tertiary/aromatic N) is 2. The first kappa shape index (κ1) is 14.7. The summed E-state index contributed by atoms with van der Waals surface area (Å²) in [5.74, 6) is -0.209. The van der Waals surface area contributed by atoms with E-state index in [1.165, 1.54) is 11.8 Å². The Morgan fingerprint density at radius 1 is 1.00 bits per heavy atom. The van der Waals surface area contributed by atoms with Crippen LogP contribution in [0.2, 0.25) is 0 Å². The van der Waals surface area contributed by atoms with Gasteiger partial charge < -0.3 is 0 Å². The van der Waals surface area contributed by atoms with Gasteiger partial charge in [0.25, 0.3) is 5.91 Å². The predicted octanol–water partition coefficient (Wildman–Crippen LogP) is 3.99. The van der Waals surface area contributed by atoms with Gasteiger partial charge >= 0.3 is 0 Å². The molecule has 1 amide bonds. The molecule has 0 saturated heterocycles. The van der Waals surface area contributed by atoms with E-state index >= 15 is 0 Å². The molecule has 4 rings (SSSR count). The van der Waals surface area contributed by atoms with Crippen LogP contribution in [0.3, 0.4) is 0 Å². The maximum absolute atomic E-state index is 12.3. The fourth-order valence-corrected chi connectivity index (χ4v) is 3.52. The molecule has 0 aromatic heterocycles. The van der Waals surface area contributed by atoms with E-state index in [-0.39, 0.29) is 11.7 Å². The highest BCUT2D eigenvalue weighted by atomic mass is 32.2. The minimum Gasteiger partial charge on any atom is -0.283 e. The van der Waals surface area contributed by atoms with E-state index in [9.17, 15) is 4.79 Å². The Morgan fingerprint density at radius 2 is 1.67 bits per heavy atom. The molecule has 0 spiro atoms. The Hall–Kier alpha value is -2.92. The third-order valence-corrected chi connectivity index (χ3v) is 4.62. The van der Waals surface area contributed by atoms with E-state index in [4.69, 9.17) is 5.41 Å². The second kappa shape index (κ2) is 5.94. The molecule has 0 bridgehead atoms. The van der Waals surface area contributed by atoms with Crippen molar-refractivity contribution in [3.63, 3.8) is 0 Å². The standard InChI is InChI=1S/C19H13N3OS/c20-17-15(11-13-7-3-1-4-8-13)18(23)21-19-22(17)16(12-24-19)14-9-5-2-6-10-14/h1-12,20H. The van der Waals surface area contributed by atoms with E-state index in [0.717, 1.165) is 16.8 Å². The number of fused-ring (bicyclic) bond motifs is 1. The van der Waals surface area contributed by atoms with Gasteiger partial charge in [0.05, 0.1) is 11.3 Å². The molecule has 2 heterocycles. The lowest BCUT2D eigenvalue weighted by Crippen LogP contribution is -2.37. The summed E-state index contributed by atoms with van der Waals surface area (Å²) in [4.78, 5) is 18.2. The fourth-order valence-electron chi connectivity index (χ4n) is 2.63. The second-order valence-corrected chi connectivity index (χ2v) is 6.18. The molecule has 0 aliphatic carbocycles. The van der Waals surface area contributed by atoms with Crippen LogP contribution in [-0.2, 0) is 4.79 Å². The fraction of sp³-hybridized carbons (Fsp3) is 0. The Bertz CT molecular complexity index is 914. The number of carbonyl (C=O) groups excluding carboxylic acids is 1. The van der Waals surface area contributed by atoms with E-state index in [1.807, 2.05) is 66.1 Å². The van der Waals surface area contributed by atoms with Crippen LogP contribution in [0.25, 0.3) is 11.8 Å². The molecule has 0 saturated carbocycles. The molecule has 116 valence electrons. The molecule has 2 aromatic carbocycles. The number of rotatable bonds is 2. The number of hydrogen-bond acceptors (Lipinski definition) is 3. The lowest BCUT2D eigenvalue weighted by molar-refractivity contribution is -0.114. The second-order valence-electron chi connectivity index (χ2n) is 5.34. The van der Waals surface area contributed by atoms with E-state index in [2.05, 4.69) is 4.99 Å². The van der Waals surface area contributed by atoms with Crippen LogP contribution >= 0.6 is 11.8 Å². The zero-order valence-corrected chi connectivity index (χ0v) is 13.5. The Kier molecular flexibility index (Phi) is 3.63. The van der Waals surface area contributed by atoms with Crippen LogP contribution < -0.4 is 0 Å². The number of thioether (sulfide) groups is 1. The first-order chi connectivity index (χ1) is 11.7. The van der Waals surface area contributed by atoms with Crippen molar-refractivity contribution in [3.05, 3.63) is 82.8 Å². The lowest BCUT2D eigenvalue weighted by atomic mass is 10.1. The predicted molar refractivity (Wildman–Crippen MR) is 98.4 cm³/mol. The van der Waals surface area contributed by atoms with Crippen molar-refractivity contribution in [1.29, 1.82) is 5.41 Å². The summed E-state index contributed by atoms with van der Waals surface area (Å²) in [5.41, 5.74) is 3.04. The average molecular weight is 331 g/mol. The van der Waals surface area contributed by atoms with Gasteiger partial charge in [0.15, 0.2) is 5.17 Å². The molecule has 2 aromatic rings. The molecule has 0 radical (unpaired) electrons. The van der Waals surface area contributed by atoms with Gasteiger partial charge in [-0.3, -0.25) is 15.1 Å². The van der Waals surface area contributed by atoms with Crippen molar-refractivity contribution in [1.82, 2.24) is 4.90 Å². The molecule has 4 nitrogen and oxygen atoms in total. The van der Waals surface area contributed by atoms with Crippen molar-refractivity contribution in [3.8, 4) is 0 Å². The SMILES string of the molecule is N=C1C(=Cc2ccccc2)C(=O)N=C2SC=C(c3ccccc3)N12. The minimum absolute atomic E-state index is 0.161. The highest BCUT2D eigenvalue weighted by Crippen LogP contribution is 2.37. The van der Waals surface area contributed by atoms with Crippen molar-refractivity contribution in [2.45, 2.75) is 0 Å². The number of aliphatic imine (C=N–C) groups is 1. The maximum atomic E-state index is 12.3. The number of hydrogen-bond donors (Lipinski definition) is 1. The Labute approximate surface area is 143 Å². The number of carbonyl (C=O) groups is 1. The van der Waals surface area contributed by atoms with Gasteiger partial charge in [0.2, 0.25) is 0 Å². The van der Waals surface area contributed by atoms with Gasteiger partial charge in [0.1, 0.15) is 5.84 Å². The summed E-state index contributed by atoms with van der Waals surface area (Å²) in [6.45, 7) is 0. The molecule has 2 aliphatic rings. The van der Waals surface area contributed by atoms with Crippen LogP contribution in [0.15, 0.2) is 76.6 Å². The van der Waals surface area contributed by atoms with Gasteiger partial charge in [0, 0.05) is 5.41 Å². The lowest BCUT2D eigenvalue weighted by Gasteiger charge is -2.26. The van der Waals surface area contributed by atoms with Crippen molar-refractivity contribution >= 4 is 40.4 Å². The third-order valence-electron chi connectivity index (χ3n) is 3.79. The quantitative estimate of drug-likeness (QED) is 0.847. The first-order valence-corrected chi connectivity index (χ1v) is 8.33. The summed E-state index contributed by atoms with van der Waals surface area (Å²) in [5, 5.41) is 11.0. The van der Waals surface area contributed by atoms with Crippen molar-refractivity contribution in [2.75, 3.05) is 0 Å². The molecule has 1 N–H and O–H groups in total. The van der Waals surface area contributed by atoms with Crippen LogP contribution in [0.1, 0.15) is 11.1 Å². The molecule has 0 unspecified atom stereocenters. The van der Waals surface area contributed by atoms with Crippen LogP contribution in [0.4, 0.5) is 0 Å². The third kappa shape index (κ3) is 2.49. The van der Waals surface area contributed by atoms with Gasteiger partial charge in [-0.05, 0) is 17.2 Å². The zero-order valence-electron chi connectivity index (χ0n) is 12.6. The maximum Gasteiger partial charge on any atom is 0.283 e. The normalized spacial score (nSPS) is 18.5. The molecule has 2 aliphatic heterocycles. The first-order valence-electron chi connectivity index (χ1n) is 7.45. The van der Waals surface area contributed by atoms with Crippen molar-refractivity contribution in [2.24, 2.45) is 4.99 Å². The summed E-state index contributed by atoms with van der Waals surface area (Å²) >= 11 is 1.37. The van der Waals surface area contributed by atoms with Crippen LogP contribution in [0.5, 0.6) is 0 Å². The summed E-state index contributed by atoms with van der Waals surface area (Å²) in [6.07, 6.45) is 1.72. The van der Waals surface area contributed by atoms with Crippen LogP contribution in [0, 0.1) is 5.41 Å². The number of amidine groups is 2. The van der Waals surface area contributed by atoms with E-state index < -0.39 is 0 Å². The Morgan fingerprint density at radius 3 is 2.38 bits per heavy atom. The summed E-state index contributed by atoms with van der Waals surface area (Å²) in [6, 6.07) is 19.4. The largest absolute Gasteiger partial charge is 0.283 e. The monoisotopic (exact) mass is 331 g/mol. The molecule has 0 fully saturated rings. The van der Waals surface area contributed by atoms with Gasteiger partial charge in [-0.15, -0.1) is 0 Å². The smallest absolute Gasteiger partial charge is 0.283 e. The highest BCUT2D eigenvalue weighted by Gasteiger charge is 2.36. The van der Waals surface area contributed by atoms with Gasteiger partial charge in [-0.1, -0.05) is 72.4 Å². The highest BCUT2D eigenvalue weighted by molar-refractivity contribution is 8.17. The van der Waals surface area contributed by atoms with E-state index in [1.54, 1.807) is 11.0 Å². The minimum atomic E-state index is -0.370. The van der Waals surface area contributed by atoms with E-state index in [0.29, 0.717) is 10.7 Å². The summed E-state index contributed by atoms with van der Waals surface area (Å²) < 4.78 is 0. The number of nitrogens with one attached hydrogen (secondary N) is 1. The molecular formula is C19H13N3OS. The molecule has 0 atom stereocenters. The average Bonchev–Trinajstić information content (AvgIpc) is 3.04. The van der Waals surface area contributed by atoms with Gasteiger partial charge in [-0.25, -0.2) is 0 Å². The number of amides is 1. The Balaban J connectivity index is 1.76. The number of benzene rings is 2. The van der Waals surface area contributed by atoms with Crippen molar-refractivity contribution < 1.29 is 4.79 Å². The van der Waals surface area contributed by atoms with Gasteiger partial charge in [-0.2, -0.15) is 4.99 Å². The molecule has 5 heteroatoms. The summed E-state index contributed by atoms with van der Waals surface area (Å²) in [7, 11) is 0. The molecule has 24 heavy (non-hydrogen) atoms. The van der Waals surface area contributed by atoms with Crippen LogP contribution in [-0.4, -0.2) is 21.8 Å². The molecular weight excluding hydrogens is 318 g/mol.